The van der Waals surface area contributed by atoms with Crippen molar-refractivity contribution in [2.45, 2.75) is 19.4 Å². The average Bonchev–Trinajstić information content (AvgIpc) is 3.29. The molecule has 0 bridgehead atoms. The van der Waals surface area contributed by atoms with E-state index in [-0.39, 0.29) is 17.7 Å². The van der Waals surface area contributed by atoms with Crippen molar-refractivity contribution in [3.8, 4) is 5.75 Å². The lowest BCUT2D eigenvalue weighted by molar-refractivity contribution is -0.274. The number of hydrogen-bond donors (Lipinski definition) is 3. The number of thiophene rings is 1. The van der Waals surface area contributed by atoms with Crippen molar-refractivity contribution in [3.63, 3.8) is 0 Å². The van der Waals surface area contributed by atoms with Gasteiger partial charge in [0.05, 0.1) is 6.34 Å². The second-order valence-corrected chi connectivity index (χ2v) is 7.57. The molecule has 3 rings (SSSR count). The summed E-state index contributed by atoms with van der Waals surface area (Å²) in [6.45, 7) is 1.78. The third-order valence-corrected chi connectivity index (χ3v) is 5.18. The Bertz CT molecular complexity index is 1100. The molecule has 3 N–H and O–H groups in total. The standard InChI is InChI=1S/C22H19F3N4O3S/c1-14(19-3-2-12-33-19)31-21(30)29-17-6-4-15(5-7-17)20(26)28-13-27-16-8-10-18(11-9-16)32-22(23,24)25/h2-14H,1H3,(H,29,30)(H2,26,27,28). The van der Waals surface area contributed by atoms with Gasteiger partial charge in [0.25, 0.3) is 0 Å². The van der Waals surface area contributed by atoms with Gasteiger partial charge in [-0.3, -0.25) is 10.7 Å². The highest BCUT2D eigenvalue weighted by atomic mass is 32.1. The van der Waals surface area contributed by atoms with Crippen LogP contribution < -0.4 is 15.4 Å². The van der Waals surface area contributed by atoms with Crippen LogP contribution in [0.2, 0.25) is 0 Å². The first-order chi connectivity index (χ1) is 15.7. The first-order valence-corrected chi connectivity index (χ1v) is 10.4. The molecule has 1 heterocycles. The lowest BCUT2D eigenvalue weighted by atomic mass is 10.2. The largest absolute Gasteiger partial charge is 0.573 e. The zero-order valence-corrected chi connectivity index (χ0v) is 18.0. The molecule has 1 aromatic heterocycles. The van der Waals surface area contributed by atoms with Crippen LogP contribution >= 0.6 is 11.3 Å². The van der Waals surface area contributed by atoms with Gasteiger partial charge in [0, 0.05) is 21.8 Å². The number of halogens is 3. The molecule has 0 radical (unpaired) electrons. The number of hydrogen-bond acceptors (Lipinski definition) is 5. The Morgan fingerprint density at radius 3 is 2.36 bits per heavy atom. The average molecular weight is 476 g/mol. The van der Waals surface area contributed by atoms with Crippen LogP contribution in [-0.2, 0) is 4.74 Å². The molecule has 0 spiro atoms. The maximum absolute atomic E-state index is 12.2. The van der Waals surface area contributed by atoms with E-state index >= 15 is 0 Å². The summed E-state index contributed by atoms with van der Waals surface area (Å²) in [6, 6.07) is 15.3. The van der Waals surface area contributed by atoms with Crippen LogP contribution in [-0.4, -0.2) is 24.6 Å². The summed E-state index contributed by atoms with van der Waals surface area (Å²) in [4.78, 5) is 16.9. The maximum atomic E-state index is 12.2. The Hall–Kier alpha value is -3.86. The molecule has 0 fully saturated rings. The minimum Gasteiger partial charge on any atom is -0.441 e. The fourth-order valence-corrected chi connectivity index (χ4v) is 3.31. The van der Waals surface area contributed by atoms with Gasteiger partial charge in [-0.05, 0) is 66.9 Å². The van der Waals surface area contributed by atoms with Gasteiger partial charge in [0.15, 0.2) is 5.84 Å². The number of aliphatic imine (C=N–C) groups is 1. The van der Waals surface area contributed by atoms with Crippen LogP contribution in [0.1, 0.15) is 23.5 Å². The predicted molar refractivity (Wildman–Crippen MR) is 121 cm³/mol. The molecule has 0 saturated carbocycles. The lowest BCUT2D eigenvalue weighted by Crippen LogP contribution is -2.17. The van der Waals surface area contributed by atoms with Gasteiger partial charge in [-0.2, -0.15) is 0 Å². The van der Waals surface area contributed by atoms with Crippen molar-refractivity contribution in [1.29, 1.82) is 5.41 Å². The van der Waals surface area contributed by atoms with Crippen LogP contribution in [0.25, 0.3) is 0 Å². The van der Waals surface area contributed by atoms with Gasteiger partial charge in [-0.1, -0.05) is 6.07 Å². The summed E-state index contributed by atoms with van der Waals surface area (Å²) < 4.78 is 45.6. The van der Waals surface area contributed by atoms with Crippen LogP contribution in [0.4, 0.5) is 29.3 Å². The Balaban J connectivity index is 1.48. The summed E-state index contributed by atoms with van der Waals surface area (Å²) in [5.74, 6) is -0.392. The highest BCUT2D eigenvalue weighted by molar-refractivity contribution is 7.10. The van der Waals surface area contributed by atoms with Crippen LogP contribution in [0.15, 0.2) is 71.0 Å². The quantitative estimate of drug-likeness (QED) is 0.271. The molecule has 0 aliphatic carbocycles. The summed E-state index contributed by atoms with van der Waals surface area (Å²) in [7, 11) is 0. The molecule has 0 saturated heterocycles. The summed E-state index contributed by atoms with van der Waals surface area (Å²) in [6.07, 6.45) is -4.46. The number of carbonyl (C=O) groups is 1. The van der Waals surface area contributed by atoms with Crippen molar-refractivity contribution in [2.75, 3.05) is 10.6 Å². The van der Waals surface area contributed by atoms with Gasteiger partial charge >= 0.3 is 12.5 Å². The molecule has 0 aliphatic heterocycles. The van der Waals surface area contributed by atoms with Gasteiger partial charge in [-0.15, -0.1) is 24.5 Å². The fourth-order valence-electron chi connectivity index (χ4n) is 2.60. The molecule has 1 unspecified atom stereocenters. The minimum atomic E-state index is -4.75. The molecule has 3 aromatic rings. The first kappa shape index (κ1) is 23.8. The topological polar surface area (TPSA) is 95.8 Å². The Morgan fingerprint density at radius 1 is 1.09 bits per heavy atom. The van der Waals surface area contributed by atoms with E-state index in [4.69, 9.17) is 10.1 Å². The molecule has 11 heteroatoms. The van der Waals surface area contributed by atoms with Crippen molar-refractivity contribution < 1.29 is 27.4 Å². The van der Waals surface area contributed by atoms with Crippen molar-refractivity contribution in [2.24, 2.45) is 4.99 Å². The van der Waals surface area contributed by atoms with Gasteiger partial charge in [0.2, 0.25) is 0 Å². The summed E-state index contributed by atoms with van der Waals surface area (Å²) in [5.41, 5.74) is 1.46. The van der Waals surface area contributed by atoms with E-state index in [0.717, 1.165) is 17.0 Å². The Kier molecular flexibility index (Phi) is 7.67. The maximum Gasteiger partial charge on any atom is 0.573 e. The lowest BCUT2D eigenvalue weighted by Gasteiger charge is -2.12. The zero-order chi connectivity index (χ0) is 23.8. The smallest absolute Gasteiger partial charge is 0.441 e. The van der Waals surface area contributed by atoms with Crippen molar-refractivity contribution in [1.82, 2.24) is 0 Å². The monoisotopic (exact) mass is 476 g/mol. The molecule has 1 atom stereocenters. The van der Waals surface area contributed by atoms with E-state index in [0.29, 0.717) is 16.9 Å². The minimum absolute atomic E-state index is 0.0556. The summed E-state index contributed by atoms with van der Waals surface area (Å²) in [5, 5.41) is 15.3. The SMILES string of the molecule is CC(OC(=O)Nc1ccc(C(=N)/N=C\Nc2ccc(OC(F)(F)F)cc2)cc1)c1cccs1. The zero-order valence-electron chi connectivity index (χ0n) is 17.2. The first-order valence-electron chi connectivity index (χ1n) is 9.54. The molecule has 7 nitrogen and oxygen atoms in total. The van der Waals surface area contributed by atoms with E-state index in [2.05, 4.69) is 20.4 Å². The van der Waals surface area contributed by atoms with E-state index < -0.39 is 12.5 Å². The number of amides is 1. The molecule has 0 aliphatic rings. The summed E-state index contributed by atoms with van der Waals surface area (Å²) >= 11 is 1.50. The number of carbonyl (C=O) groups excluding carboxylic acids is 1. The molecular formula is C22H19F3N4O3S. The number of alkyl halides is 3. The highest BCUT2D eigenvalue weighted by Gasteiger charge is 2.30. The normalized spacial score (nSPS) is 12.2. The highest BCUT2D eigenvalue weighted by Crippen LogP contribution is 2.24. The molecule has 1 amide bonds. The Morgan fingerprint density at radius 2 is 1.76 bits per heavy atom. The molecule has 172 valence electrons. The number of nitrogens with one attached hydrogen (secondary N) is 3. The fraction of sp³-hybridized carbons (Fsp3) is 0.136. The van der Waals surface area contributed by atoms with E-state index in [9.17, 15) is 18.0 Å². The van der Waals surface area contributed by atoms with Gasteiger partial charge in [-0.25, -0.2) is 9.79 Å². The predicted octanol–water partition coefficient (Wildman–Crippen LogP) is 6.42. The second-order valence-electron chi connectivity index (χ2n) is 6.59. The molecule has 2 aromatic carbocycles. The van der Waals surface area contributed by atoms with Crippen molar-refractivity contribution >= 4 is 41.0 Å². The van der Waals surface area contributed by atoms with Gasteiger partial charge < -0.3 is 14.8 Å². The molecule has 33 heavy (non-hydrogen) atoms. The third-order valence-electron chi connectivity index (χ3n) is 4.15. The number of anilines is 2. The number of ether oxygens (including phenoxy) is 2. The van der Waals surface area contributed by atoms with E-state index in [1.165, 1.54) is 29.8 Å². The number of amidine groups is 1. The Labute approximate surface area is 191 Å². The number of benzene rings is 2. The third kappa shape index (κ3) is 7.65. The van der Waals surface area contributed by atoms with E-state index in [1.807, 2.05) is 17.5 Å². The van der Waals surface area contributed by atoms with E-state index in [1.54, 1.807) is 31.2 Å². The number of nitrogens with zero attached hydrogens (tertiary/aromatic N) is 1. The number of rotatable bonds is 7. The van der Waals surface area contributed by atoms with Crippen LogP contribution in [0.3, 0.4) is 0 Å². The van der Waals surface area contributed by atoms with Crippen LogP contribution in [0.5, 0.6) is 5.75 Å². The second kappa shape index (κ2) is 10.6. The molecular weight excluding hydrogens is 457 g/mol. The van der Waals surface area contributed by atoms with Gasteiger partial charge in [0.1, 0.15) is 11.9 Å². The van der Waals surface area contributed by atoms with Crippen LogP contribution in [0, 0.1) is 5.41 Å². The van der Waals surface area contributed by atoms with Crippen molar-refractivity contribution in [3.05, 3.63) is 76.5 Å².